The van der Waals surface area contributed by atoms with Crippen LogP contribution in [0.25, 0.3) is 0 Å². The Morgan fingerprint density at radius 3 is 2.78 bits per heavy atom. The van der Waals surface area contributed by atoms with E-state index in [1.807, 2.05) is 0 Å². The summed E-state index contributed by atoms with van der Waals surface area (Å²) in [7, 11) is 0. The zero-order valence-corrected chi connectivity index (χ0v) is 15.6. The fraction of sp³-hybridized carbons (Fsp3) is 0.100. The molecule has 0 radical (unpaired) electrons. The van der Waals surface area contributed by atoms with Gasteiger partial charge in [0.05, 0.1) is 17.2 Å². The predicted molar refractivity (Wildman–Crippen MR) is 104 cm³/mol. The van der Waals surface area contributed by atoms with E-state index in [9.17, 15) is 9.18 Å². The number of benzene rings is 2. The first-order valence-electron chi connectivity index (χ1n) is 8.10. The van der Waals surface area contributed by atoms with Crippen molar-refractivity contribution < 1.29 is 13.9 Å². The molecule has 4 nitrogen and oxygen atoms in total. The average Bonchev–Trinajstić information content (AvgIpc) is 2.67. The van der Waals surface area contributed by atoms with Gasteiger partial charge in [-0.05, 0) is 42.0 Å². The van der Waals surface area contributed by atoms with Crippen molar-refractivity contribution in [2.24, 2.45) is 0 Å². The van der Waals surface area contributed by atoms with E-state index in [1.165, 1.54) is 18.3 Å². The van der Waals surface area contributed by atoms with E-state index in [4.69, 9.17) is 27.9 Å². The molecule has 0 aliphatic carbocycles. The van der Waals surface area contributed by atoms with E-state index in [2.05, 4.69) is 10.3 Å². The highest BCUT2D eigenvalue weighted by atomic mass is 35.5. The summed E-state index contributed by atoms with van der Waals surface area (Å²) < 4.78 is 19.3. The van der Waals surface area contributed by atoms with Crippen LogP contribution in [0.5, 0.6) is 5.75 Å². The topological polar surface area (TPSA) is 51.2 Å². The number of nitrogens with zero attached hydrogens (tertiary/aromatic N) is 1. The lowest BCUT2D eigenvalue weighted by Crippen LogP contribution is -2.14. The molecule has 1 N–H and O–H groups in total. The van der Waals surface area contributed by atoms with Gasteiger partial charge in [0.2, 0.25) is 0 Å². The van der Waals surface area contributed by atoms with E-state index >= 15 is 0 Å². The Balaban J connectivity index is 1.70. The largest absolute Gasteiger partial charge is 0.492 e. The third-order valence-electron chi connectivity index (χ3n) is 3.77. The molecule has 27 heavy (non-hydrogen) atoms. The highest BCUT2D eigenvalue weighted by Gasteiger charge is 2.11. The summed E-state index contributed by atoms with van der Waals surface area (Å²) in [6.45, 7) is 0.279. The average molecular weight is 405 g/mol. The lowest BCUT2D eigenvalue weighted by molar-refractivity contribution is 0.102. The van der Waals surface area contributed by atoms with E-state index in [-0.39, 0.29) is 12.5 Å². The Morgan fingerprint density at radius 1 is 1.15 bits per heavy atom. The monoisotopic (exact) mass is 404 g/mol. The summed E-state index contributed by atoms with van der Waals surface area (Å²) in [6.07, 6.45) is 3.45. The molecule has 1 amide bonds. The molecule has 0 atom stereocenters. The number of aromatic nitrogens is 1. The minimum absolute atomic E-state index is 0.279. The van der Waals surface area contributed by atoms with Crippen molar-refractivity contribution in [2.45, 2.75) is 6.42 Å². The molecule has 138 valence electrons. The number of carbonyl (C=O) groups is 1. The fourth-order valence-corrected chi connectivity index (χ4v) is 2.77. The molecule has 0 unspecified atom stereocenters. The first-order valence-corrected chi connectivity index (χ1v) is 8.86. The first kappa shape index (κ1) is 19.1. The summed E-state index contributed by atoms with van der Waals surface area (Å²) in [4.78, 5) is 16.2. The van der Waals surface area contributed by atoms with Crippen LogP contribution in [0.1, 0.15) is 15.9 Å². The van der Waals surface area contributed by atoms with Gasteiger partial charge in [0.15, 0.2) is 0 Å². The number of anilines is 1. The van der Waals surface area contributed by atoms with Crippen molar-refractivity contribution >= 4 is 34.8 Å². The molecule has 0 saturated heterocycles. The number of hydrogen-bond donors (Lipinski definition) is 1. The van der Waals surface area contributed by atoms with Crippen LogP contribution in [-0.4, -0.2) is 17.5 Å². The van der Waals surface area contributed by atoms with Crippen LogP contribution in [0.3, 0.4) is 0 Å². The number of carbonyl (C=O) groups excluding carboxylic acids is 1. The highest BCUT2D eigenvalue weighted by molar-refractivity contribution is 6.34. The van der Waals surface area contributed by atoms with Crippen molar-refractivity contribution in [1.82, 2.24) is 4.98 Å². The molecule has 1 aromatic heterocycles. The molecule has 0 spiro atoms. The number of halogens is 3. The van der Waals surface area contributed by atoms with E-state index in [1.54, 1.807) is 42.6 Å². The maximum absolute atomic E-state index is 13.7. The number of amides is 1. The summed E-state index contributed by atoms with van der Waals surface area (Å²) in [5.74, 6) is -0.347. The van der Waals surface area contributed by atoms with Gasteiger partial charge in [-0.2, -0.15) is 0 Å². The third-order valence-corrected chi connectivity index (χ3v) is 4.31. The van der Waals surface area contributed by atoms with Crippen molar-refractivity contribution in [3.8, 4) is 5.75 Å². The molecule has 3 rings (SSSR count). The van der Waals surface area contributed by atoms with Gasteiger partial charge in [-0.25, -0.2) is 4.39 Å². The highest BCUT2D eigenvalue weighted by Crippen LogP contribution is 2.28. The molecule has 2 aromatic carbocycles. The zero-order chi connectivity index (χ0) is 19.2. The number of rotatable bonds is 6. The van der Waals surface area contributed by atoms with Gasteiger partial charge < -0.3 is 10.1 Å². The summed E-state index contributed by atoms with van der Waals surface area (Å²) in [5.41, 5.74) is 1.49. The van der Waals surface area contributed by atoms with Crippen LogP contribution >= 0.6 is 23.2 Å². The maximum Gasteiger partial charge on any atom is 0.257 e. The van der Waals surface area contributed by atoms with Gasteiger partial charge in [0.1, 0.15) is 11.6 Å². The quantitative estimate of drug-likeness (QED) is 0.598. The Morgan fingerprint density at radius 2 is 2.00 bits per heavy atom. The standard InChI is InChI=1S/C20H15Cl2FN2O2/c21-15-4-6-17(22)19(10-15)27-9-7-13-3-5-16(23)11-18(13)25-20(26)14-2-1-8-24-12-14/h1-6,8,10-12H,7,9H2,(H,25,26). The Kier molecular flexibility index (Phi) is 6.27. The second-order valence-electron chi connectivity index (χ2n) is 5.67. The lowest BCUT2D eigenvalue weighted by Gasteiger charge is -2.13. The second-order valence-corrected chi connectivity index (χ2v) is 6.51. The van der Waals surface area contributed by atoms with Crippen LogP contribution in [0.15, 0.2) is 60.9 Å². The molecule has 3 aromatic rings. The van der Waals surface area contributed by atoms with Crippen LogP contribution in [0.4, 0.5) is 10.1 Å². The summed E-state index contributed by atoms with van der Waals surface area (Å²) >= 11 is 12.0. The predicted octanol–water partition coefficient (Wildman–Crippen LogP) is 5.40. The van der Waals surface area contributed by atoms with Crippen LogP contribution in [0.2, 0.25) is 10.0 Å². The molecule has 7 heteroatoms. The Labute approximate surface area is 165 Å². The van der Waals surface area contributed by atoms with Gasteiger partial charge in [0.25, 0.3) is 5.91 Å². The van der Waals surface area contributed by atoms with Crippen LogP contribution in [-0.2, 0) is 6.42 Å². The zero-order valence-electron chi connectivity index (χ0n) is 14.1. The molecule has 0 bridgehead atoms. The van der Waals surface area contributed by atoms with E-state index in [0.717, 1.165) is 5.56 Å². The van der Waals surface area contributed by atoms with E-state index in [0.29, 0.717) is 33.5 Å². The minimum Gasteiger partial charge on any atom is -0.492 e. The van der Waals surface area contributed by atoms with Crippen molar-refractivity contribution in [3.63, 3.8) is 0 Å². The number of ether oxygens (including phenoxy) is 1. The van der Waals surface area contributed by atoms with E-state index < -0.39 is 5.82 Å². The summed E-state index contributed by atoms with van der Waals surface area (Å²) in [5, 5.41) is 3.68. The van der Waals surface area contributed by atoms with Crippen molar-refractivity contribution in [1.29, 1.82) is 0 Å². The third kappa shape index (κ3) is 5.18. The molecular weight excluding hydrogens is 390 g/mol. The summed E-state index contributed by atoms with van der Waals surface area (Å²) in [6, 6.07) is 12.4. The first-order chi connectivity index (χ1) is 13.0. The van der Waals surface area contributed by atoms with Crippen LogP contribution < -0.4 is 10.1 Å². The molecule has 0 aliphatic heterocycles. The Hall–Kier alpha value is -2.63. The van der Waals surface area contributed by atoms with Gasteiger partial charge in [-0.1, -0.05) is 29.3 Å². The molecule has 0 fully saturated rings. The Bertz CT molecular complexity index is 952. The SMILES string of the molecule is O=C(Nc1cc(F)ccc1CCOc1cc(Cl)ccc1Cl)c1cccnc1. The number of hydrogen-bond acceptors (Lipinski definition) is 3. The smallest absolute Gasteiger partial charge is 0.257 e. The minimum atomic E-state index is -0.445. The van der Waals surface area contributed by atoms with Crippen molar-refractivity contribution in [2.75, 3.05) is 11.9 Å². The van der Waals surface area contributed by atoms with Gasteiger partial charge >= 0.3 is 0 Å². The fourth-order valence-electron chi connectivity index (χ4n) is 2.43. The van der Waals surface area contributed by atoms with Crippen LogP contribution in [0, 0.1) is 5.82 Å². The van der Waals surface area contributed by atoms with Crippen molar-refractivity contribution in [3.05, 3.63) is 87.9 Å². The second kappa shape index (κ2) is 8.84. The number of nitrogens with one attached hydrogen (secondary N) is 1. The molecule has 0 aliphatic rings. The maximum atomic E-state index is 13.7. The molecular formula is C20H15Cl2FN2O2. The van der Waals surface area contributed by atoms with Gasteiger partial charge in [-0.3, -0.25) is 9.78 Å². The van der Waals surface area contributed by atoms with Gasteiger partial charge in [0, 0.05) is 35.6 Å². The molecule has 0 saturated carbocycles. The number of pyridine rings is 1. The molecule has 1 heterocycles. The normalized spacial score (nSPS) is 10.5. The lowest BCUT2D eigenvalue weighted by atomic mass is 10.1. The van der Waals surface area contributed by atoms with Gasteiger partial charge in [-0.15, -0.1) is 0 Å².